The molecule has 30 heavy (non-hydrogen) atoms. The summed E-state index contributed by atoms with van der Waals surface area (Å²) < 4.78 is 6.77. The molecular weight excluding hydrogens is 450 g/mol. The van der Waals surface area contributed by atoms with Crippen LogP contribution in [-0.4, -0.2) is 34.8 Å². The summed E-state index contributed by atoms with van der Waals surface area (Å²) in [6.45, 7) is 1.88. The van der Waals surface area contributed by atoms with Crippen molar-refractivity contribution in [2.24, 2.45) is 5.92 Å². The fourth-order valence-corrected chi connectivity index (χ4v) is 4.53. The highest BCUT2D eigenvalue weighted by molar-refractivity contribution is 9.10. The van der Waals surface area contributed by atoms with Crippen molar-refractivity contribution in [1.29, 1.82) is 0 Å². The largest absolute Gasteiger partial charge is 0.459 e. The lowest BCUT2D eigenvalue weighted by molar-refractivity contribution is -0.137. The van der Waals surface area contributed by atoms with Crippen molar-refractivity contribution in [1.82, 2.24) is 15.5 Å². The molecular formula is C22H24BrN3O4. The zero-order chi connectivity index (χ0) is 21.3. The van der Waals surface area contributed by atoms with Crippen LogP contribution >= 0.6 is 15.9 Å². The number of imide groups is 1. The Morgan fingerprint density at radius 2 is 2.00 bits per heavy atom. The fourth-order valence-electron chi connectivity index (χ4n) is 4.27. The van der Waals surface area contributed by atoms with Crippen molar-refractivity contribution in [3.8, 4) is 11.3 Å². The summed E-state index contributed by atoms with van der Waals surface area (Å²) in [5, 5.41) is 5.59. The number of carbonyl (C=O) groups excluding carboxylic acids is 3. The summed E-state index contributed by atoms with van der Waals surface area (Å²) in [6.07, 6.45) is 3.47. The Hall–Kier alpha value is -2.61. The number of amides is 4. The van der Waals surface area contributed by atoms with E-state index in [0.29, 0.717) is 17.9 Å². The molecule has 2 aromatic rings. The number of carbonyl (C=O) groups is 3. The molecule has 1 aromatic heterocycles. The van der Waals surface area contributed by atoms with E-state index in [2.05, 4.69) is 26.6 Å². The second kappa shape index (κ2) is 8.26. The first-order chi connectivity index (χ1) is 14.4. The van der Waals surface area contributed by atoms with E-state index in [0.717, 1.165) is 34.2 Å². The maximum absolute atomic E-state index is 12.9. The second-order valence-corrected chi connectivity index (χ2v) is 8.90. The van der Waals surface area contributed by atoms with E-state index in [9.17, 15) is 14.4 Å². The van der Waals surface area contributed by atoms with Crippen LogP contribution in [0.3, 0.4) is 0 Å². The number of rotatable bonds is 5. The van der Waals surface area contributed by atoms with Crippen LogP contribution in [0.1, 0.15) is 38.4 Å². The van der Waals surface area contributed by atoms with Gasteiger partial charge < -0.3 is 15.1 Å². The van der Waals surface area contributed by atoms with Crippen LogP contribution in [0.2, 0.25) is 0 Å². The lowest BCUT2D eigenvalue weighted by Crippen LogP contribution is -2.54. The average molecular weight is 474 g/mol. The molecule has 2 aliphatic rings. The molecule has 2 unspecified atom stereocenters. The van der Waals surface area contributed by atoms with Gasteiger partial charge in [0.05, 0.1) is 6.54 Å². The fraction of sp³-hybridized carbons (Fsp3) is 0.409. The highest BCUT2D eigenvalue weighted by Crippen LogP contribution is 2.38. The number of hydrogen-bond acceptors (Lipinski definition) is 4. The minimum atomic E-state index is -0.851. The van der Waals surface area contributed by atoms with E-state index in [1.54, 1.807) is 6.07 Å². The SMILES string of the molecule is CC1CCCCC12NC(=O)N(CC(=O)NCc1ccc(-c3ccc(Br)cc3)o1)C2=O. The molecule has 1 aliphatic heterocycles. The smallest absolute Gasteiger partial charge is 0.325 e. The third kappa shape index (κ3) is 3.88. The van der Waals surface area contributed by atoms with Crippen LogP contribution in [0.25, 0.3) is 11.3 Å². The Kier molecular flexibility index (Phi) is 5.69. The molecule has 4 rings (SSSR count). The van der Waals surface area contributed by atoms with Crippen molar-refractivity contribution in [2.45, 2.75) is 44.7 Å². The molecule has 1 spiro atoms. The Morgan fingerprint density at radius 1 is 1.23 bits per heavy atom. The lowest BCUT2D eigenvalue weighted by Gasteiger charge is -2.36. The number of furan rings is 1. The molecule has 1 saturated carbocycles. The van der Waals surface area contributed by atoms with Gasteiger partial charge in [0.15, 0.2) is 0 Å². The number of halogens is 1. The third-order valence-corrected chi connectivity index (χ3v) is 6.58. The van der Waals surface area contributed by atoms with Gasteiger partial charge in [-0.1, -0.05) is 47.8 Å². The Bertz CT molecular complexity index is 971. The third-order valence-electron chi connectivity index (χ3n) is 6.05. The predicted molar refractivity (Wildman–Crippen MR) is 114 cm³/mol. The summed E-state index contributed by atoms with van der Waals surface area (Å²) in [7, 11) is 0. The van der Waals surface area contributed by atoms with Gasteiger partial charge in [-0.15, -0.1) is 0 Å². The van der Waals surface area contributed by atoms with E-state index >= 15 is 0 Å². The standard InChI is InChI=1S/C22H24BrN3O4/c1-14-4-2-3-11-22(14)20(28)26(21(29)25-22)13-19(27)24-12-17-9-10-18(30-17)15-5-7-16(23)8-6-15/h5-10,14H,2-4,11-13H2,1H3,(H,24,27)(H,25,29). The molecule has 0 radical (unpaired) electrons. The van der Waals surface area contributed by atoms with Gasteiger partial charge in [0.2, 0.25) is 5.91 Å². The Labute approximate surface area is 183 Å². The van der Waals surface area contributed by atoms with E-state index in [4.69, 9.17) is 4.42 Å². The molecule has 1 saturated heterocycles. The second-order valence-electron chi connectivity index (χ2n) is 7.99. The van der Waals surface area contributed by atoms with Gasteiger partial charge in [-0.05, 0) is 43.0 Å². The molecule has 1 aromatic carbocycles. The van der Waals surface area contributed by atoms with Crippen molar-refractivity contribution in [3.63, 3.8) is 0 Å². The van der Waals surface area contributed by atoms with Gasteiger partial charge in [0.1, 0.15) is 23.6 Å². The van der Waals surface area contributed by atoms with Gasteiger partial charge in [-0.3, -0.25) is 14.5 Å². The lowest BCUT2D eigenvalue weighted by atomic mass is 9.73. The van der Waals surface area contributed by atoms with Gasteiger partial charge in [-0.25, -0.2) is 4.79 Å². The minimum Gasteiger partial charge on any atom is -0.459 e. The molecule has 2 heterocycles. The molecule has 2 fully saturated rings. The zero-order valence-corrected chi connectivity index (χ0v) is 18.3. The van der Waals surface area contributed by atoms with Crippen LogP contribution in [0.5, 0.6) is 0 Å². The van der Waals surface area contributed by atoms with E-state index in [1.165, 1.54) is 0 Å². The topological polar surface area (TPSA) is 91.7 Å². The van der Waals surface area contributed by atoms with Gasteiger partial charge in [-0.2, -0.15) is 0 Å². The first-order valence-electron chi connectivity index (χ1n) is 10.1. The molecule has 0 bridgehead atoms. The molecule has 2 atom stereocenters. The van der Waals surface area contributed by atoms with E-state index < -0.39 is 17.5 Å². The van der Waals surface area contributed by atoms with E-state index in [1.807, 2.05) is 37.3 Å². The van der Waals surface area contributed by atoms with Crippen molar-refractivity contribution >= 4 is 33.8 Å². The van der Waals surface area contributed by atoms with E-state index in [-0.39, 0.29) is 24.9 Å². The summed E-state index contributed by atoms with van der Waals surface area (Å²) in [5.74, 6) is 0.673. The number of hydrogen-bond donors (Lipinski definition) is 2. The summed E-state index contributed by atoms with van der Waals surface area (Å²) >= 11 is 3.40. The average Bonchev–Trinajstić information content (AvgIpc) is 3.29. The van der Waals surface area contributed by atoms with Gasteiger partial charge in [0, 0.05) is 10.0 Å². The zero-order valence-electron chi connectivity index (χ0n) is 16.7. The van der Waals surface area contributed by atoms with Crippen LogP contribution in [0.15, 0.2) is 45.3 Å². The minimum absolute atomic E-state index is 0.0657. The van der Waals surface area contributed by atoms with Crippen molar-refractivity contribution in [2.75, 3.05) is 6.54 Å². The quantitative estimate of drug-likeness (QED) is 0.645. The normalized spacial score (nSPS) is 23.7. The van der Waals surface area contributed by atoms with Crippen LogP contribution in [0.4, 0.5) is 4.79 Å². The number of urea groups is 1. The van der Waals surface area contributed by atoms with Crippen molar-refractivity contribution < 1.29 is 18.8 Å². The first kappa shape index (κ1) is 20.7. The van der Waals surface area contributed by atoms with Crippen LogP contribution in [-0.2, 0) is 16.1 Å². The molecule has 1 aliphatic carbocycles. The highest BCUT2D eigenvalue weighted by atomic mass is 79.9. The Morgan fingerprint density at radius 3 is 2.73 bits per heavy atom. The molecule has 2 N–H and O–H groups in total. The van der Waals surface area contributed by atoms with Gasteiger partial charge >= 0.3 is 6.03 Å². The summed E-state index contributed by atoms with van der Waals surface area (Å²) in [5.41, 5.74) is 0.0814. The van der Waals surface area contributed by atoms with Crippen LogP contribution < -0.4 is 10.6 Å². The Balaban J connectivity index is 1.35. The summed E-state index contributed by atoms with van der Waals surface area (Å²) in [4.78, 5) is 38.8. The summed E-state index contributed by atoms with van der Waals surface area (Å²) in [6, 6.07) is 10.9. The maximum atomic E-state index is 12.9. The molecule has 7 nitrogen and oxygen atoms in total. The number of benzene rings is 1. The molecule has 158 valence electrons. The molecule has 8 heteroatoms. The molecule has 4 amide bonds. The number of nitrogens with zero attached hydrogens (tertiary/aromatic N) is 1. The number of nitrogens with one attached hydrogen (secondary N) is 2. The predicted octanol–water partition coefficient (Wildman–Crippen LogP) is 3.83. The highest BCUT2D eigenvalue weighted by Gasteiger charge is 2.55. The van der Waals surface area contributed by atoms with Gasteiger partial charge in [0.25, 0.3) is 5.91 Å². The van der Waals surface area contributed by atoms with Crippen molar-refractivity contribution in [3.05, 3.63) is 46.6 Å². The monoisotopic (exact) mass is 473 g/mol. The maximum Gasteiger partial charge on any atom is 0.325 e. The van der Waals surface area contributed by atoms with Crippen LogP contribution in [0, 0.1) is 5.92 Å². The first-order valence-corrected chi connectivity index (χ1v) is 10.9.